The Kier molecular flexibility index (Phi) is 3.68. The molecule has 1 atom stereocenters. The molecule has 0 spiro atoms. The van der Waals surface area contributed by atoms with Gasteiger partial charge in [0.1, 0.15) is 0 Å². The van der Waals surface area contributed by atoms with Crippen LogP contribution in [0.5, 0.6) is 0 Å². The molecule has 15 heavy (non-hydrogen) atoms. The minimum Gasteiger partial charge on any atom is -0.378 e. The van der Waals surface area contributed by atoms with E-state index in [1.165, 1.54) is 44.9 Å². The van der Waals surface area contributed by atoms with Gasteiger partial charge in [-0.2, -0.15) is 0 Å². The van der Waals surface area contributed by atoms with Gasteiger partial charge in [-0.05, 0) is 44.6 Å². The van der Waals surface area contributed by atoms with E-state index in [9.17, 15) is 0 Å². The van der Waals surface area contributed by atoms with Gasteiger partial charge in [-0.1, -0.05) is 19.8 Å². The summed E-state index contributed by atoms with van der Waals surface area (Å²) in [6, 6.07) is 0.697. The smallest absolute Gasteiger partial charge is 0.0693 e. The first-order chi connectivity index (χ1) is 7.28. The molecule has 2 aliphatic rings. The van der Waals surface area contributed by atoms with Crippen molar-refractivity contribution >= 4 is 0 Å². The zero-order valence-electron chi connectivity index (χ0n) is 10.2. The van der Waals surface area contributed by atoms with Gasteiger partial charge >= 0.3 is 0 Å². The number of rotatable bonds is 7. The van der Waals surface area contributed by atoms with Crippen molar-refractivity contribution in [3.63, 3.8) is 0 Å². The van der Waals surface area contributed by atoms with Crippen molar-refractivity contribution < 1.29 is 4.74 Å². The second kappa shape index (κ2) is 4.84. The number of hydrogen-bond acceptors (Lipinski definition) is 2. The Morgan fingerprint density at radius 1 is 1.40 bits per heavy atom. The molecule has 1 unspecified atom stereocenters. The lowest BCUT2D eigenvalue weighted by molar-refractivity contribution is -0.0840. The topological polar surface area (TPSA) is 21.3 Å². The van der Waals surface area contributed by atoms with Crippen LogP contribution in [-0.2, 0) is 4.74 Å². The van der Waals surface area contributed by atoms with Gasteiger partial charge in [0, 0.05) is 13.2 Å². The lowest BCUT2D eigenvalue weighted by atomic mass is 9.75. The third-order valence-corrected chi connectivity index (χ3v) is 4.12. The Labute approximate surface area is 93.8 Å². The molecule has 88 valence electrons. The Hall–Kier alpha value is -0.0800. The maximum atomic E-state index is 5.71. The molecule has 2 aliphatic carbocycles. The predicted molar refractivity (Wildman–Crippen MR) is 63.0 cm³/mol. The fraction of sp³-hybridized carbons (Fsp3) is 1.00. The van der Waals surface area contributed by atoms with Crippen LogP contribution in [0.3, 0.4) is 0 Å². The van der Waals surface area contributed by atoms with Gasteiger partial charge in [0.2, 0.25) is 0 Å². The van der Waals surface area contributed by atoms with Crippen LogP contribution in [0.25, 0.3) is 0 Å². The molecular formula is C13H25NO. The van der Waals surface area contributed by atoms with E-state index >= 15 is 0 Å². The van der Waals surface area contributed by atoms with E-state index in [2.05, 4.69) is 12.2 Å². The van der Waals surface area contributed by atoms with Crippen LogP contribution in [0, 0.1) is 5.92 Å². The molecule has 2 heteroatoms. The number of nitrogens with one attached hydrogen (secondary N) is 1. The fourth-order valence-electron chi connectivity index (χ4n) is 2.80. The highest BCUT2D eigenvalue weighted by Crippen LogP contribution is 2.41. The van der Waals surface area contributed by atoms with E-state index in [4.69, 9.17) is 4.74 Å². The maximum absolute atomic E-state index is 5.71. The minimum atomic E-state index is 0.238. The molecule has 0 amide bonds. The summed E-state index contributed by atoms with van der Waals surface area (Å²) in [5, 5.41) is 3.63. The van der Waals surface area contributed by atoms with Crippen molar-refractivity contribution in [2.45, 2.75) is 63.5 Å². The van der Waals surface area contributed by atoms with Crippen LogP contribution >= 0.6 is 0 Å². The molecule has 0 bridgehead atoms. The minimum absolute atomic E-state index is 0.238. The number of ether oxygens (including phenoxy) is 1. The predicted octanol–water partition coefficient (Wildman–Crippen LogP) is 2.72. The zero-order valence-corrected chi connectivity index (χ0v) is 10.2. The lowest BCUT2D eigenvalue weighted by Crippen LogP contribution is -2.46. The van der Waals surface area contributed by atoms with E-state index < -0.39 is 0 Å². The molecule has 0 aromatic rings. The third kappa shape index (κ3) is 2.94. The average Bonchev–Trinajstić information content (AvgIpc) is 2.95. The Balaban J connectivity index is 1.80. The van der Waals surface area contributed by atoms with Gasteiger partial charge in [-0.25, -0.2) is 0 Å². The average molecular weight is 211 g/mol. The summed E-state index contributed by atoms with van der Waals surface area (Å²) in [6.07, 6.45) is 9.43. The number of methoxy groups -OCH3 is 1. The molecule has 2 saturated carbocycles. The molecule has 0 aromatic heterocycles. The Morgan fingerprint density at radius 3 is 2.53 bits per heavy atom. The molecule has 1 N–H and O–H groups in total. The zero-order chi connectivity index (χ0) is 10.7. The van der Waals surface area contributed by atoms with Gasteiger partial charge in [0.05, 0.1) is 5.60 Å². The van der Waals surface area contributed by atoms with Crippen molar-refractivity contribution in [3.05, 3.63) is 0 Å². The van der Waals surface area contributed by atoms with Crippen molar-refractivity contribution in [2.24, 2.45) is 5.92 Å². The quantitative estimate of drug-likeness (QED) is 0.699. The van der Waals surface area contributed by atoms with Crippen molar-refractivity contribution in [1.82, 2.24) is 5.32 Å². The van der Waals surface area contributed by atoms with Crippen LogP contribution in [0.4, 0.5) is 0 Å². The summed E-state index contributed by atoms with van der Waals surface area (Å²) in [5.41, 5.74) is 0.238. The molecule has 2 rings (SSSR count). The summed E-state index contributed by atoms with van der Waals surface area (Å²) in [4.78, 5) is 0. The van der Waals surface area contributed by atoms with Gasteiger partial charge in [-0.15, -0.1) is 0 Å². The normalized spacial score (nSPS) is 26.0. The SMILES string of the molecule is CCNC(CC1CC1)CC1(OC)CCC1. The van der Waals surface area contributed by atoms with Gasteiger partial charge in [0.15, 0.2) is 0 Å². The molecule has 0 radical (unpaired) electrons. The first kappa shape index (κ1) is 11.4. The van der Waals surface area contributed by atoms with Crippen molar-refractivity contribution in [2.75, 3.05) is 13.7 Å². The summed E-state index contributed by atoms with van der Waals surface area (Å²) in [5.74, 6) is 1.02. The monoisotopic (exact) mass is 211 g/mol. The first-order valence-electron chi connectivity index (χ1n) is 6.56. The molecule has 0 saturated heterocycles. The Morgan fingerprint density at radius 2 is 2.13 bits per heavy atom. The summed E-state index contributed by atoms with van der Waals surface area (Å²) in [7, 11) is 1.89. The second-order valence-corrected chi connectivity index (χ2v) is 5.38. The van der Waals surface area contributed by atoms with E-state index in [-0.39, 0.29) is 5.60 Å². The highest BCUT2D eigenvalue weighted by molar-refractivity contribution is 4.94. The van der Waals surface area contributed by atoms with Crippen LogP contribution < -0.4 is 5.32 Å². The van der Waals surface area contributed by atoms with Gasteiger partial charge in [-0.3, -0.25) is 0 Å². The molecule has 0 aromatic carbocycles. The third-order valence-electron chi connectivity index (χ3n) is 4.12. The van der Waals surface area contributed by atoms with Crippen molar-refractivity contribution in [3.8, 4) is 0 Å². The van der Waals surface area contributed by atoms with Crippen LogP contribution in [-0.4, -0.2) is 25.3 Å². The Bertz CT molecular complexity index is 191. The van der Waals surface area contributed by atoms with Crippen LogP contribution in [0.2, 0.25) is 0 Å². The van der Waals surface area contributed by atoms with E-state index in [1.54, 1.807) is 0 Å². The molecule has 2 nitrogen and oxygen atoms in total. The first-order valence-corrected chi connectivity index (χ1v) is 6.56. The standard InChI is InChI=1S/C13H25NO/c1-3-14-12(9-11-5-6-11)10-13(15-2)7-4-8-13/h11-12,14H,3-10H2,1-2H3. The molecule has 0 heterocycles. The molecule has 2 fully saturated rings. The van der Waals surface area contributed by atoms with E-state index in [0.717, 1.165) is 12.5 Å². The highest BCUT2D eigenvalue weighted by Gasteiger charge is 2.39. The number of hydrogen-bond donors (Lipinski definition) is 1. The van der Waals surface area contributed by atoms with E-state index in [0.29, 0.717) is 6.04 Å². The summed E-state index contributed by atoms with van der Waals surface area (Å²) in [6.45, 7) is 3.30. The highest BCUT2D eigenvalue weighted by atomic mass is 16.5. The molecular weight excluding hydrogens is 186 g/mol. The fourth-order valence-corrected chi connectivity index (χ4v) is 2.80. The largest absolute Gasteiger partial charge is 0.378 e. The van der Waals surface area contributed by atoms with Crippen molar-refractivity contribution in [1.29, 1.82) is 0 Å². The van der Waals surface area contributed by atoms with Crippen LogP contribution in [0.15, 0.2) is 0 Å². The van der Waals surface area contributed by atoms with E-state index in [1.807, 2.05) is 7.11 Å². The second-order valence-electron chi connectivity index (χ2n) is 5.38. The summed E-state index contributed by atoms with van der Waals surface area (Å²) >= 11 is 0. The summed E-state index contributed by atoms with van der Waals surface area (Å²) < 4.78 is 5.71. The van der Waals surface area contributed by atoms with Gasteiger partial charge in [0.25, 0.3) is 0 Å². The van der Waals surface area contributed by atoms with Gasteiger partial charge < -0.3 is 10.1 Å². The van der Waals surface area contributed by atoms with Crippen LogP contribution in [0.1, 0.15) is 51.9 Å². The maximum Gasteiger partial charge on any atom is 0.0693 e. The molecule has 0 aliphatic heterocycles. The lowest BCUT2D eigenvalue weighted by Gasteiger charge is -2.43.